The van der Waals surface area contributed by atoms with Crippen molar-refractivity contribution in [2.75, 3.05) is 13.2 Å². The molecular weight excluding hydrogens is 538 g/mol. The Morgan fingerprint density at radius 3 is 2.13 bits per heavy atom. The molecule has 7 nitrogen and oxygen atoms in total. The molecule has 0 atom stereocenters. The summed E-state index contributed by atoms with van der Waals surface area (Å²) in [4.78, 5) is 23.5. The van der Waals surface area contributed by atoms with E-state index in [2.05, 4.69) is 20.8 Å². The van der Waals surface area contributed by atoms with E-state index in [0.717, 1.165) is 0 Å². The number of esters is 1. The van der Waals surface area contributed by atoms with Crippen LogP contribution >= 0.6 is 0 Å². The average molecular weight is 560 g/mol. The first-order valence-corrected chi connectivity index (χ1v) is 11.3. The number of carbonyl (C=O) groups excluding carboxylic acids is 1. The number of halogens is 6. The molecular formula is C26H22F6O7. The molecule has 1 heterocycles. The Morgan fingerprint density at radius 2 is 1.51 bits per heavy atom. The molecule has 39 heavy (non-hydrogen) atoms. The molecule has 0 fully saturated rings. The minimum Gasteiger partial charge on any atom is -0.493 e. The minimum absolute atomic E-state index is 0.0345. The number of alkyl halides is 6. The Kier molecular flexibility index (Phi) is 9.07. The highest BCUT2D eigenvalue weighted by molar-refractivity contribution is 5.86. The van der Waals surface area contributed by atoms with E-state index in [4.69, 9.17) is 9.15 Å². The van der Waals surface area contributed by atoms with Gasteiger partial charge in [0.25, 0.3) is 0 Å². The molecule has 0 radical (unpaired) electrons. The first-order chi connectivity index (χ1) is 18.2. The second kappa shape index (κ2) is 11.9. The largest absolute Gasteiger partial charge is 0.494 e. The minimum atomic E-state index is -5.39. The van der Waals surface area contributed by atoms with Crippen LogP contribution in [0, 0.1) is 0 Å². The van der Waals surface area contributed by atoms with Crippen LogP contribution in [0.4, 0.5) is 26.3 Å². The van der Waals surface area contributed by atoms with Crippen LogP contribution in [0.15, 0.2) is 76.0 Å². The van der Waals surface area contributed by atoms with E-state index >= 15 is 0 Å². The second-order valence-electron chi connectivity index (χ2n) is 8.22. The zero-order valence-corrected chi connectivity index (χ0v) is 20.4. The van der Waals surface area contributed by atoms with Gasteiger partial charge in [0.15, 0.2) is 0 Å². The molecule has 2 aromatic carbocycles. The van der Waals surface area contributed by atoms with Crippen LogP contribution in [0.5, 0.6) is 5.75 Å². The van der Waals surface area contributed by atoms with Gasteiger partial charge in [0.2, 0.25) is 0 Å². The number of hydrogen-bond donors (Lipinski definition) is 0. The van der Waals surface area contributed by atoms with Crippen molar-refractivity contribution in [3.05, 3.63) is 77.2 Å². The fraction of sp³-hybridized carbons (Fsp3) is 0.308. The Labute approximate surface area is 217 Å². The molecule has 0 unspecified atom stereocenters. The van der Waals surface area contributed by atoms with E-state index in [0.29, 0.717) is 16.5 Å². The molecule has 0 aliphatic heterocycles. The van der Waals surface area contributed by atoms with Crippen molar-refractivity contribution in [1.82, 2.24) is 0 Å². The predicted octanol–water partition coefficient (Wildman–Crippen LogP) is 6.51. The first-order valence-electron chi connectivity index (χ1n) is 11.3. The summed E-state index contributed by atoms with van der Waals surface area (Å²) in [5, 5.41) is 0.501. The lowest BCUT2D eigenvalue weighted by molar-refractivity contribution is -0.514. The van der Waals surface area contributed by atoms with Gasteiger partial charge in [-0.3, -0.25) is 0 Å². The first kappa shape index (κ1) is 29.7. The van der Waals surface area contributed by atoms with Gasteiger partial charge in [0, 0.05) is 17.0 Å². The highest BCUT2D eigenvalue weighted by Gasteiger charge is 2.52. The molecule has 1 aromatic heterocycles. The number of benzene rings is 2. The van der Waals surface area contributed by atoms with Crippen molar-refractivity contribution in [3.63, 3.8) is 0 Å². The molecule has 3 aromatic rings. The van der Waals surface area contributed by atoms with Gasteiger partial charge in [-0.25, -0.2) is 19.1 Å². The van der Waals surface area contributed by atoms with Gasteiger partial charge < -0.3 is 13.9 Å². The molecule has 210 valence electrons. The fourth-order valence-electron chi connectivity index (χ4n) is 3.14. The summed E-state index contributed by atoms with van der Waals surface area (Å²) in [6, 6.07) is 14.4. The number of rotatable bonds is 13. The molecule has 13 heteroatoms. The van der Waals surface area contributed by atoms with E-state index < -0.39 is 56.2 Å². The van der Waals surface area contributed by atoms with E-state index in [-0.39, 0.29) is 16.9 Å². The van der Waals surface area contributed by atoms with Gasteiger partial charge in [-0.15, -0.1) is 8.78 Å². The molecule has 0 aliphatic carbocycles. The van der Waals surface area contributed by atoms with Crippen molar-refractivity contribution in [1.29, 1.82) is 0 Å². The fourth-order valence-corrected chi connectivity index (χ4v) is 3.14. The normalized spacial score (nSPS) is 12.4. The topological polar surface area (TPSA) is 84.2 Å². The highest BCUT2D eigenvalue weighted by Crippen LogP contribution is 2.36. The standard InChI is InChI=1S/C26H22F6O7/c1-16(2)22(33)36-13-11-25(29,30)39-26(31,32)38-24(27,28)10-12-35-19-9-8-18-14-20(17-6-4-3-5-7-17)23(34)37-21(18)15-19/h3-9,14-15H,1,10-13H2,2H3. The summed E-state index contributed by atoms with van der Waals surface area (Å²) >= 11 is 0. The maximum atomic E-state index is 13.9. The molecule has 0 bridgehead atoms. The molecule has 0 amide bonds. The number of ether oxygens (including phenoxy) is 4. The van der Waals surface area contributed by atoms with Gasteiger partial charge in [0.1, 0.15) is 11.3 Å². The molecule has 0 N–H and O–H groups in total. The van der Waals surface area contributed by atoms with Gasteiger partial charge in [-0.05, 0) is 30.7 Å². The summed E-state index contributed by atoms with van der Waals surface area (Å²) in [5.41, 5.74) is 0.228. The lowest BCUT2D eigenvalue weighted by Gasteiger charge is -2.26. The maximum Gasteiger partial charge on any atom is 0.494 e. The van der Waals surface area contributed by atoms with Gasteiger partial charge in [-0.1, -0.05) is 36.9 Å². The van der Waals surface area contributed by atoms with E-state index in [1.54, 1.807) is 36.4 Å². The molecule has 0 saturated carbocycles. The quantitative estimate of drug-likeness (QED) is 0.0775. The van der Waals surface area contributed by atoms with Gasteiger partial charge in [-0.2, -0.15) is 17.6 Å². The van der Waals surface area contributed by atoms with Crippen molar-refractivity contribution in [2.24, 2.45) is 0 Å². The van der Waals surface area contributed by atoms with Crippen LogP contribution in [-0.2, 0) is 19.0 Å². The van der Waals surface area contributed by atoms with Crippen molar-refractivity contribution in [3.8, 4) is 16.9 Å². The Morgan fingerprint density at radius 1 is 0.897 bits per heavy atom. The maximum absolute atomic E-state index is 13.9. The summed E-state index contributed by atoms with van der Waals surface area (Å²) in [6.07, 6.45) is -17.7. The lowest BCUT2D eigenvalue weighted by Crippen LogP contribution is -2.41. The van der Waals surface area contributed by atoms with Crippen LogP contribution in [0.25, 0.3) is 22.1 Å². The molecule has 0 spiro atoms. The number of carbonyl (C=O) groups is 1. The van der Waals surface area contributed by atoms with Crippen molar-refractivity contribution >= 4 is 16.9 Å². The second-order valence-corrected chi connectivity index (χ2v) is 8.22. The lowest BCUT2D eigenvalue weighted by atomic mass is 10.1. The van der Waals surface area contributed by atoms with E-state index in [9.17, 15) is 35.9 Å². The predicted molar refractivity (Wildman–Crippen MR) is 125 cm³/mol. The van der Waals surface area contributed by atoms with Gasteiger partial charge >= 0.3 is 30.1 Å². The number of fused-ring (bicyclic) bond motifs is 1. The summed E-state index contributed by atoms with van der Waals surface area (Å²) in [7, 11) is 0. The van der Waals surface area contributed by atoms with Crippen LogP contribution < -0.4 is 10.4 Å². The van der Waals surface area contributed by atoms with Crippen LogP contribution in [0.3, 0.4) is 0 Å². The summed E-state index contributed by atoms with van der Waals surface area (Å²) in [6.45, 7) is 2.50. The third kappa shape index (κ3) is 8.86. The molecule has 0 saturated heterocycles. The van der Waals surface area contributed by atoms with E-state index in [1.807, 2.05) is 0 Å². The monoisotopic (exact) mass is 560 g/mol. The van der Waals surface area contributed by atoms with Crippen molar-refractivity contribution < 1.29 is 54.5 Å². The van der Waals surface area contributed by atoms with Crippen LogP contribution in [0.1, 0.15) is 19.8 Å². The van der Waals surface area contributed by atoms with Crippen LogP contribution in [-0.4, -0.2) is 37.7 Å². The summed E-state index contributed by atoms with van der Waals surface area (Å²) in [5.74, 6) is -1.08. The molecule has 3 rings (SSSR count). The number of hydrogen-bond acceptors (Lipinski definition) is 7. The van der Waals surface area contributed by atoms with Crippen molar-refractivity contribution in [2.45, 2.75) is 38.3 Å². The average Bonchev–Trinajstić information content (AvgIpc) is 2.82. The van der Waals surface area contributed by atoms with Crippen LogP contribution in [0.2, 0.25) is 0 Å². The van der Waals surface area contributed by atoms with Gasteiger partial charge in [0.05, 0.1) is 31.6 Å². The zero-order chi connectivity index (χ0) is 28.8. The third-order valence-corrected chi connectivity index (χ3v) is 4.97. The highest BCUT2D eigenvalue weighted by atomic mass is 19.3. The smallest absolute Gasteiger partial charge is 0.493 e. The Balaban J connectivity index is 1.55. The molecule has 0 aliphatic rings. The third-order valence-electron chi connectivity index (χ3n) is 4.97. The zero-order valence-electron chi connectivity index (χ0n) is 20.4. The summed E-state index contributed by atoms with van der Waals surface area (Å²) < 4.78 is 103. The SMILES string of the molecule is C=C(C)C(=O)OCCC(F)(F)OC(F)(F)OC(F)(F)CCOc1ccc2cc(-c3ccccc3)c(=O)oc2c1. The van der Waals surface area contributed by atoms with E-state index in [1.165, 1.54) is 25.1 Å². The Bertz CT molecular complexity index is 1370. The Hall–Kier alpha value is -3.84.